The normalized spacial score (nSPS) is 9.00. The summed E-state index contributed by atoms with van der Waals surface area (Å²) in [4.78, 5) is 10.2. The van der Waals surface area contributed by atoms with Crippen LogP contribution in [0.4, 0.5) is 4.79 Å². The number of rotatable bonds is 1. The molecule has 0 aliphatic carbocycles. The molecule has 1 aromatic heterocycles. The molecule has 0 atom stereocenters. The van der Waals surface area contributed by atoms with Crippen molar-refractivity contribution in [2.45, 2.75) is 0 Å². The van der Waals surface area contributed by atoms with Crippen LogP contribution in [-0.2, 0) is 0 Å². The van der Waals surface area contributed by atoms with Crippen LogP contribution in [0.15, 0.2) is 16.7 Å². The molecule has 6 heteroatoms. The Balaban J connectivity index is 2.99. The van der Waals surface area contributed by atoms with E-state index in [9.17, 15) is 4.79 Å². The van der Waals surface area contributed by atoms with Gasteiger partial charge in [0.05, 0.1) is 0 Å². The lowest BCUT2D eigenvalue weighted by Gasteiger charge is -2.00. The first-order valence-corrected chi connectivity index (χ1v) is 3.70. The second kappa shape index (κ2) is 3.28. The van der Waals surface area contributed by atoms with E-state index in [1.807, 2.05) is 11.5 Å². The number of halogens is 1. The summed E-state index contributed by atoms with van der Waals surface area (Å²) in [6, 6.07) is 3.34. The topological polar surface area (TPSA) is 78.0 Å². The van der Waals surface area contributed by atoms with Crippen LogP contribution in [0, 0.1) is 11.3 Å². The maximum Gasteiger partial charge on any atom is 0.423 e. The predicted molar refractivity (Wildman–Crippen MR) is 44.2 cm³/mol. The highest BCUT2D eigenvalue weighted by molar-refractivity contribution is 9.10. The van der Waals surface area contributed by atoms with Gasteiger partial charge in [0.25, 0.3) is 0 Å². The minimum atomic E-state index is -1.21. The van der Waals surface area contributed by atoms with Gasteiger partial charge < -0.3 is 5.11 Å². The maximum atomic E-state index is 10.2. The number of aromatic nitrogens is 1. The van der Waals surface area contributed by atoms with Crippen LogP contribution in [-0.4, -0.2) is 15.9 Å². The summed E-state index contributed by atoms with van der Waals surface area (Å²) in [5.41, 5.74) is 2.25. The van der Waals surface area contributed by atoms with E-state index in [0.29, 0.717) is 4.47 Å². The molecule has 1 aromatic rings. The average Bonchev–Trinajstić information content (AvgIpc) is 2.29. The Morgan fingerprint density at radius 2 is 2.50 bits per heavy atom. The molecule has 0 saturated carbocycles. The third-order valence-corrected chi connectivity index (χ3v) is 1.55. The maximum absolute atomic E-state index is 10.2. The van der Waals surface area contributed by atoms with E-state index < -0.39 is 6.09 Å². The van der Waals surface area contributed by atoms with Crippen LogP contribution in [0.25, 0.3) is 0 Å². The number of hydrogen-bond donors (Lipinski definition) is 2. The first-order chi connectivity index (χ1) is 5.63. The van der Waals surface area contributed by atoms with Crippen molar-refractivity contribution < 1.29 is 9.90 Å². The van der Waals surface area contributed by atoms with Gasteiger partial charge in [-0.1, -0.05) is 0 Å². The van der Waals surface area contributed by atoms with Crippen molar-refractivity contribution in [1.82, 2.24) is 4.68 Å². The summed E-state index contributed by atoms with van der Waals surface area (Å²) in [5, 5.41) is 16.9. The lowest BCUT2D eigenvalue weighted by molar-refractivity contribution is 0.206. The molecular weight excluding hydrogens is 226 g/mol. The van der Waals surface area contributed by atoms with Gasteiger partial charge in [-0.25, -0.2) is 14.9 Å². The van der Waals surface area contributed by atoms with E-state index in [0.717, 1.165) is 4.68 Å². The Bertz CT molecular complexity index is 352. The van der Waals surface area contributed by atoms with Crippen LogP contribution in [0.1, 0.15) is 5.69 Å². The second-order valence-electron chi connectivity index (χ2n) is 1.94. The first kappa shape index (κ1) is 8.62. The summed E-state index contributed by atoms with van der Waals surface area (Å²) in [6.45, 7) is 0. The van der Waals surface area contributed by atoms with Crippen molar-refractivity contribution >= 4 is 22.0 Å². The summed E-state index contributed by atoms with van der Waals surface area (Å²) < 4.78 is 1.76. The molecule has 0 aromatic carbocycles. The van der Waals surface area contributed by atoms with Crippen LogP contribution < -0.4 is 5.43 Å². The molecule has 0 aliphatic heterocycles. The molecule has 1 heterocycles. The van der Waals surface area contributed by atoms with Gasteiger partial charge in [0.15, 0.2) is 0 Å². The number of hydrogen-bond acceptors (Lipinski definition) is 2. The number of carbonyl (C=O) groups is 1. The van der Waals surface area contributed by atoms with Crippen molar-refractivity contribution in [1.29, 1.82) is 5.26 Å². The molecule has 0 radical (unpaired) electrons. The smallest absolute Gasteiger partial charge is 0.423 e. The van der Waals surface area contributed by atoms with Gasteiger partial charge in [-0.3, -0.25) is 0 Å². The Hall–Kier alpha value is -1.48. The first-order valence-electron chi connectivity index (χ1n) is 2.91. The fourth-order valence-corrected chi connectivity index (χ4v) is 1.13. The quantitative estimate of drug-likeness (QED) is 0.764. The zero-order chi connectivity index (χ0) is 9.14. The highest BCUT2D eigenvalue weighted by Gasteiger charge is 2.04. The van der Waals surface area contributed by atoms with E-state index >= 15 is 0 Å². The number of amides is 1. The van der Waals surface area contributed by atoms with E-state index in [-0.39, 0.29) is 5.69 Å². The average molecular weight is 230 g/mol. The van der Waals surface area contributed by atoms with Gasteiger partial charge in [-0.15, -0.1) is 0 Å². The number of carboxylic acid groups (broad SMARTS) is 1. The van der Waals surface area contributed by atoms with E-state index in [2.05, 4.69) is 15.9 Å². The number of nitriles is 1. The molecule has 12 heavy (non-hydrogen) atoms. The molecule has 62 valence electrons. The fraction of sp³-hybridized carbons (Fsp3) is 0. The van der Waals surface area contributed by atoms with Gasteiger partial charge in [-0.05, 0) is 22.0 Å². The third-order valence-electron chi connectivity index (χ3n) is 1.12. The SMILES string of the molecule is N#Cc1cc(Br)cn1NC(=O)O. The van der Waals surface area contributed by atoms with Gasteiger partial charge in [-0.2, -0.15) is 5.26 Å². The Labute approximate surface area is 76.3 Å². The minimum absolute atomic E-state index is 0.226. The van der Waals surface area contributed by atoms with E-state index in [4.69, 9.17) is 10.4 Å². The monoisotopic (exact) mass is 229 g/mol. The summed E-state index contributed by atoms with van der Waals surface area (Å²) in [5.74, 6) is 0. The Morgan fingerprint density at radius 3 is 3.00 bits per heavy atom. The number of nitrogens with zero attached hydrogens (tertiary/aromatic N) is 2. The molecule has 0 fully saturated rings. The lowest BCUT2D eigenvalue weighted by atomic mass is 10.5. The molecule has 1 rings (SSSR count). The second-order valence-corrected chi connectivity index (χ2v) is 2.86. The highest BCUT2D eigenvalue weighted by atomic mass is 79.9. The van der Waals surface area contributed by atoms with Gasteiger partial charge >= 0.3 is 6.09 Å². The van der Waals surface area contributed by atoms with Crippen molar-refractivity contribution in [2.75, 3.05) is 5.43 Å². The minimum Gasteiger partial charge on any atom is -0.464 e. The molecule has 0 unspecified atom stereocenters. The van der Waals surface area contributed by atoms with Crippen LogP contribution in [0.5, 0.6) is 0 Å². The zero-order valence-electron chi connectivity index (χ0n) is 5.78. The largest absolute Gasteiger partial charge is 0.464 e. The van der Waals surface area contributed by atoms with Crippen LogP contribution in [0.2, 0.25) is 0 Å². The van der Waals surface area contributed by atoms with Gasteiger partial charge in [0.2, 0.25) is 0 Å². The third kappa shape index (κ3) is 1.77. The van der Waals surface area contributed by atoms with Gasteiger partial charge in [0, 0.05) is 10.7 Å². The molecule has 0 saturated heterocycles. The lowest BCUT2D eigenvalue weighted by Crippen LogP contribution is -2.20. The molecule has 0 aliphatic rings. The number of nitrogens with one attached hydrogen (secondary N) is 1. The highest BCUT2D eigenvalue weighted by Crippen LogP contribution is 2.12. The predicted octanol–water partition coefficient (Wildman–Crippen LogP) is 1.34. The van der Waals surface area contributed by atoms with Crippen molar-refractivity contribution in [3.63, 3.8) is 0 Å². The van der Waals surface area contributed by atoms with Gasteiger partial charge in [0.1, 0.15) is 11.8 Å². The molecule has 2 N–H and O–H groups in total. The summed E-state index contributed by atoms with van der Waals surface area (Å²) >= 11 is 3.11. The summed E-state index contributed by atoms with van der Waals surface area (Å²) in [6.07, 6.45) is 0.238. The van der Waals surface area contributed by atoms with Crippen molar-refractivity contribution in [3.8, 4) is 6.07 Å². The molecule has 0 bridgehead atoms. The molecule has 0 spiro atoms. The van der Waals surface area contributed by atoms with E-state index in [1.165, 1.54) is 12.3 Å². The van der Waals surface area contributed by atoms with E-state index in [1.54, 1.807) is 0 Å². The van der Waals surface area contributed by atoms with Crippen molar-refractivity contribution in [2.24, 2.45) is 0 Å². The summed E-state index contributed by atoms with van der Waals surface area (Å²) in [7, 11) is 0. The van der Waals surface area contributed by atoms with Crippen LogP contribution >= 0.6 is 15.9 Å². The van der Waals surface area contributed by atoms with Crippen LogP contribution in [0.3, 0.4) is 0 Å². The molecule has 1 amide bonds. The molecule has 5 nitrogen and oxygen atoms in total. The Kier molecular flexibility index (Phi) is 2.35. The molecular formula is C6H4BrN3O2. The van der Waals surface area contributed by atoms with Crippen molar-refractivity contribution in [3.05, 3.63) is 22.4 Å². The standard InChI is InChI=1S/C6H4BrN3O2/c7-4-1-5(2-8)10(3-4)9-6(11)12/h1,3,9H,(H,11,12). The Morgan fingerprint density at radius 1 is 1.83 bits per heavy atom. The zero-order valence-corrected chi connectivity index (χ0v) is 7.37. The fourth-order valence-electron chi connectivity index (χ4n) is 0.712.